The molecule has 0 saturated heterocycles. The summed E-state index contributed by atoms with van der Waals surface area (Å²) in [5, 5.41) is 0. The van der Waals surface area contributed by atoms with Gasteiger partial charge in [0.15, 0.2) is 16.3 Å². The van der Waals surface area contributed by atoms with Crippen LogP contribution in [0.1, 0.15) is 43.5 Å². The van der Waals surface area contributed by atoms with Crippen molar-refractivity contribution < 1.29 is 23.7 Å². The largest absolute Gasteiger partial charge is 0.493 e. The molecule has 0 saturated carbocycles. The molecule has 0 amide bonds. The van der Waals surface area contributed by atoms with Crippen molar-refractivity contribution in [3.05, 3.63) is 115 Å². The first-order valence-corrected chi connectivity index (χ1v) is 16.9. The van der Waals surface area contributed by atoms with Gasteiger partial charge < -0.3 is 18.9 Å². The monoisotopic (exact) mass is 836 g/mol. The van der Waals surface area contributed by atoms with Crippen LogP contribution in [0.4, 0.5) is 0 Å². The Hall–Kier alpha value is -3.17. The van der Waals surface area contributed by atoms with E-state index >= 15 is 0 Å². The van der Waals surface area contributed by atoms with Crippen LogP contribution in [-0.4, -0.2) is 30.9 Å². The van der Waals surface area contributed by atoms with E-state index in [2.05, 4.69) is 45.2 Å². The molecular formula is C33H30I2N2O6S. The summed E-state index contributed by atoms with van der Waals surface area (Å²) in [6.45, 7) is 6.39. The number of thiazole rings is 1. The number of nitrogens with zero attached hydrogens (tertiary/aromatic N) is 2. The summed E-state index contributed by atoms with van der Waals surface area (Å²) >= 11 is 5.79. The number of aromatic nitrogens is 1. The van der Waals surface area contributed by atoms with Crippen molar-refractivity contribution in [1.29, 1.82) is 0 Å². The normalized spacial score (nSPS) is 14.6. The number of benzene rings is 3. The number of ether oxygens (including phenoxy) is 4. The maximum Gasteiger partial charge on any atom is 0.338 e. The number of carbonyl (C=O) groups excluding carboxylic acids is 1. The van der Waals surface area contributed by atoms with Gasteiger partial charge in [0.25, 0.3) is 5.56 Å². The number of methoxy groups -OCH3 is 1. The highest BCUT2D eigenvalue weighted by Crippen LogP contribution is 2.41. The van der Waals surface area contributed by atoms with Gasteiger partial charge in [-0.3, -0.25) is 9.36 Å². The zero-order chi connectivity index (χ0) is 31.4. The fourth-order valence-electron chi connectivity index (χ4n) is 4.98. The van der Waals surface area contributed by atoms with Crippen LogP contribution in [0.25, 0.3) is 6.08 Å². The fourth-order valence-corrected chi connectivity index (χ4v) is 8.15. The maximum atomic E-state index is 14.2. The van der Waals surface area contributed by atoms with Gasteiger partial charge in [-0.2, -0.15) is 0 Å². The van der Waals surface area contributed by atoms with Crippen LogP contribution in [0.3, 0.4) is 0 Å². The molecule has 1 atom stereocenters. The standard InChI is InChI=1S/C33H30I2N2O6S/c1-5-41-29-22(13-10-14-25(29)40-4)28-27(32(39)42-6-2)19(3)36-33-37(28)31(38)26(44-33)17-21-15-23(34)30(24(35)16-21)43-18-20-11-8-7-9-12-20/h7-17,28H,5-6,18H2,1-4H3/b26-17+/t28-/m1/s1. The van der Waals surface area contributed by atoms with E-state index < -0.39 is 12.0 Å². The first-order valence-electron chi connectivity index (χ1n) is 13.9. The molecule has 0 spiro atoms. The van der Waals surface area contributed by atoms with E-state index in [1.165, 1.54) is 11.3 Å². The minimum atomic E-state index is -0.821. The lowest BCUT2D eigenvalue weighted by atomic mass is 9.94. The third-order valence-electron chi connectivity index (χ3n) is 6.87. The van der Waals surface area contributed by atoms with Gasteiger partial charge in [-0.25, -0.2) is 9.79 Å². The maximum absolute atomic E-state index is 14.2. The molecule has 1 aromatic heterocycles. The van der Waals surface area contributed by atoms with Crippen molar-refractivity contribution in [2.45, 2.75) is 33.4 Å². The van der Waals surface area contributed by atoms with Crippen molar-refractivity contribution in [1.82, 2.24) is 4.57 Å². The molecule has 0 aliphatic carbocycles. The zero-order valence-corrected chi connectivity index (χ0v) is 29.7. The van der Waals surface area contributed by atoms with E-state index in [-0.39, 0.29) is 17.7 Å². The second kappa shape index (κ2) is 14.3. The van der Waals surface area contributed by atoms with Gasteiger partial charge in [-0.05, 0) is 101 Å². The van der Waals surface area contributed by atoms with Crippen LogP contribution in [0.5, 0.6) is 17.2 Å². The molecule has 44 heavy (non-hydrogen) atoms. The van der Waals surface area contributed by atoms with Crippen molar-refractivity contribution in [2.24, 2.45) is 4.99 Å². The van der Waals surface area contributed by atoms with Gasteiger partial charge in [0.05, 0.1) is 43.3 Å². The lowest BCUT2D eigenvalue weighted by Gasteiger charge is -2.26. The zero-order valence-electron chi connectivity index (χ0n) is 24.6. The number of fused-ring (bicyclic) bond motifs is 1. The third-order valence-corrected chi connectivity index (χ3v) is 9.46. The average Bonchev–Trinajstić information content (AvgIpc) is 3.30. The van der Waals surface area contributed by atoms with E-state index in [1.807, 2.05) is 67.6 Å². The highest BCUT2D eigenvalue weighted by atomic mass is 127. The summed E-state index contributed by atoms with van der Waals surface area (Å²) in [6, 6.07) is 18.6. The predicted molar refractivity (Wildman–Crippen MR) is 187 cm³/mol. The van der Waals surface area contributed by atoms with E-state index in [4.69, 9.17) is 23.9 Å². The van der Waals surface area contributed by atoms with Crippen LogP contribution >= 0.6 is 56.5 Å². The van der Waals surface area contributed by atoms with E-state index in [0.29, 0.717) is 45.3 Å². The summed E-state index contributed by atoms with van der Waals surface area (Å²) in [5.41, 5.74) is 3.04. The highest BCUT2D eigenvalue weighted by Gasteiger charge is 2.36. The van der Waals surface area contributed by atoms with Gasteiger partial charge in [0.2, 0.25) is 0 Å². The quantitative estimate of drug-likeness (QED) is 0.144. The minimum absolute atomic E-state index is 0.186. The van der Waals surface area contributed by atoms with Gasteiger partial charge >= 0.3 is 5.97 Å². The molecular weight excluding hydrogens is 806 g/mol. The van der Waals surface area contributed by atoms with Gasteiger partial charge in [-0.15, -0.1) is 0 Å². The molecule has 2 heterocycles. The molecule has 0 unspecified atom stereocenters. The number of hydrogen-bond acceptors (Lipinski definition) is 8. The van der Waals surface area contributed by atoms with E-state index in [0.717, 1.165) is 24.0 Å². The van der Waals surface area contributed by atoms with E-state index in [9.17, 15) is 9.59 Å². The minimum Gasteiger partial charge on any atom is -0.493 e. The first kappa shape index (κ1) is 32.2. The second-order valence-corrected chi connectivity index (χ2v) is 13.0. The number of rotatable bonds is 10. The summed E-state index contributed by atoms with van der Waals surface area (Å²) in [5.74, 6) is 1.23. The summed E-state index contributed by atoms with van der Waals surface area (Å²) in [4.78, 5) is 32.7. The van der Waals surface area contributed by atoms with Gasteiger partial charge in [0, 0.05) is 5.56 Å². The van der Waals surface area contributed by atoms with Crippen molar-refractivity contribution in [2.75, 3.05) is 20.3 Å². The SMILES string of the molecule is CCOC(=O)C1=C(C)N=c2s/c(=C/c3cc(I)c(OCc4ccccc4)c(I)c3)c(=O)n2[C@@H]1c1cccc(OC)c1OCC. The Labute approximate surface area is 286 Å². The Morgan fingerprint density at radius 3 is 2.39 bits per heavy atom. The number of hydrogen-bond donors (Lipinski definition) is 0. The van der Waals surface area contributed by atoms with Crippen molar-refractivity contribution >= 4 is 68.6 Å². The molecule has 8 nitrogen and oxygen atoms in total. The predicted octanol–water partition coefficient (Wildman–Crippen LogP) is 5.99. The Kier molecular flexibility index (Phi) is 10.5. The van der Waals surface area contributed by atoms with E-state index in [1.54, 1.807) is 31.6 Å². The molecule has 3 aromatic carbocycles. The number of halogens is 2. The third kappa shape index (κ3) is 6.59. The molecule has 4 aromatic rings. The van der Waals surface area contributed by atoms with Crippen LogP contribution in [0.2, 0.25) is 0 Å². The summed E-state index contributed by atoms with van der Waals surface area (Å²) in [7, 11) is 1.56. The number of para-hydroxylation sites is 1. The van der Waals surface area contributed by atoms with Crippen LogP contribution in [0, 0.1) is 7.14 Å². The summed E-state index contributed by atoms with van der Waals surface area (Å²) in [6.07, 6.45) is 1.85. The molecule has 0 radical (unpaired) electrons. The average molecular weight is 836 g/mol. The lowest BCUT2D eigenvalue weighted by molar-refractivity contribution is -0.139. The van der Waals surface area contributed by atoms with Crippen LogP contribution < -0.4 is 29.1 Å². The Balaban J connectivity index is 1.62. The van der Waals surface area contributed by atoms with Gasteiger partial charge in [-0.1, -0.05) is 53.8 Å². The molecule has 0 bridgehead atoms. The highest BCUT2D eigenvalue weighted by molar-refractivity contribution is 14.1. The second-order valence-electron chi connectivity index (χ2n) is 9.70. The van der Waals surface area contributed by atoms with Crippen LogP contribution in [0.15, 0.2) is 81.7 Å². The molecule has 1 aliphatic rings. The molecule has 5 rings (SSSR count). The Bertz CT molecular complexity index is 1890. The molecule has 11 heteroatoms. The lowest BCUT2D eigenvalue weighted by Crippen LogP contribution is -2.40. The summed E-state index contributed by atoms with van der Waals surface area (Å²) < 4.78 is 27.1. The number of carbonyl (C=O) groups is 1. The Morgan fingerprint density at radius 2 is 1.73 bits per heavy atom. The van der Waals surface area contributed by atoms with Crippen molar-refractivity contribution in [3.63, 3.8) is 0 Å². The molecule has 228 valence electrons. The van der Waals surface area contributed by atoms with Crippen LogP contribution in [-0.2, 0) is 16.1 Å². The number of esters is 1. The first-order chi connectivity index (χ1) is 21.3. The van der Waals surface area contributed by atoms with Crippen molar-refractivity contribution in [3.8, 4) is 17.2 Å². The number of allylic oxidation sites excluding steroid dienone is 1. The molecule has 1 aliphatic heterocycles. The smallest absolute Gasteiger partial charge is 0.338 e. The fraction of sp³-hybridized carbons (Fsp3) is 0.242. The Morgan fingerprint density at radius 1 is 1.00 bits per heavy atom. The topological polar surface area (TPSA) is 88.4 Å². The molecule has 0 N–H and O–H groups in total. The van der Waals surface area contributed by atoms with Gasteiger partial charge in [0.1, 0.15) is 18.4 Å². The molecule has 0 fully saturated rings.